The Hall–Kier alpha value is -2.52. The predicted molar refractivity (Wildman–Crippen MR) is 83.4 cm³/mol. The van der Waals surface area contributed by atoms with Gasteiger partial charge in [-0.2, -0.15) is 4.98 Å². The average molecular weight is 346 g/mol. The van der Waals surface area contributed by atoms with Crippen molar-refractivity contribution in [3.8, 4) is 10.6 Å². The van der Waals surface area contributed by atoms with Gasteiger partial charge in [-0.25, -0.2) is 0 Å². The summed E-state index contributed by atoms with van der Waals surface area (Å²) in [7, 11) is 0. The molecule has 0 aliphatic carbocycles. The van der Waals surface area contributed by atoms with Crippen LogP contribution in [-0.4, -0.2) is 45.8 Å². The highest BCUT2D eigenvalue weighted by Crippen LogP contribution is 2.31. The molecule has 1 atom stereocenters. The molecule has 8 nitrogen and oxygen atoms in total. The number of rotatable bonds is 3. The molecule has 1 unspecified atom stereocenters. The highest BCUT2D eigenvalue weighted by atomic mass is 32.1. The Morgan fingerprint density at radius 2 is 2.33 bits per heavy atom. The van der Waals surface area contributed by atoms with Crippen molar-refractivity contribution < 1.29 is 18.6 Å². The molecule has 24 heavy (non-hydrogen) atoms. The van der Waals surface area contributed by atoms with Crippen LogP contribution >= 0.6 is 11.3 Å². The van der Waals surface area contributed by atoms with Gasteiger partial charge in [0.2, 0.25) is 12.2 Å². The Balaban J connectivity index is 1.61. The van der Waals surface area contributed by atoms with Crippen molar-refractivity contribution >= 4 is 17.2 Å². The van der Waals surface area contributed by atoms with Crippen LogP contribution in [0.15, 0.2) is 33.0 Å². The maximum atomic E-state index is 13.0. The molecule has 0 saturated carbocycles. The molecule has 0 bridgehead atoms. The molecule has 1 amide bonds. The summed E-state index contributed by atoms with van der Waals surface area (Å²) in [5.41, 5.74) is 1.07. The number of aryl methyl sites for hydroxylation is 1. The van der Waals surface area contributed by atoms with Gasteiger partial charge in [0.1, 0.15) is 23.1 Å². The Morgan fingerprint density at radius 3 is 3.08 bits per heavy atom. The van der Waals surface area contributed by atoms with Crippen LogP contribution in [0.25, 0.3) is 10.6 Å². The minimum atomic E-state index is -0.396. The van der Waals surface area contributed by atoms with Crippen LogP contribution < -0.4 is 0 Å². The van der Waals surface area contributed by atoms with E-state index in [1.54, 1.807) is 11.8 Å². The molecule has 1 aliphatic rings. The summed E-state index contributed by atoms with van der Waals surface area (Å²) in [4.78, 5) is 19.6. The maximum Gasteiger partial charge on any atom is 0.259 e. The highest BCUT2D eigenvalue weighted by Gasteiger charge is 2.32. The van der Waals surface area contributed by atoms with Crippen molar-refractivity contribution in [1.29, 1.82) is 0 Å². The average Bonchev–Trinajstić information content (AvgIpc) is 3.35. The van der Waals surface area contributed by atoms with Gasteiger partial charge in [-0.3, -0.25) is 4.79 Å². The second-order valence-electron chi connectivity index (χ2n) is 5.34. The smallest absolute Gasteiger partial charge is 0.259 e. The van der Waals surface area contributed by atoms with E-state index < -0.39 is 6.10 Å². The number of morpholine rings is 1. The number of thiophene rings is 1. The second-order valence-corrected chi connectivity index (χ2v) is 6.29. The summed E-state index contributed by atoms with van der Waals surface area (Å²) in [6.45, 7) is 2.99. The number of hydrogen-bond acceptors (Lipinski definition) is 8. The molecule has 4 heterocycles. The molecule has 4 rings (SSSR count). The zero-order valence-corrected chi connectivity index (χ0v) is 13.7. The lowest BCUT2D eigenvalue weighted by Gasteiger charge is -2.31. The summed E-state index contributed by atoms with van der Waals surface area (Å²) in [5, 5.41) is 9.79. The molecule has 1 fully saturated rings. The first kappa shape index (κ1) is 15.0. The molecule has 1 saturated heterocycles. The molecule has 0 spiro atoms. The number of amides is 1. The van der Waals surface area contributed by atoms with E-state index in [1.807, 2.05) is 17.5 Å². The Labute approximate surface area is 141 Å². The first-order valence-corrected chi connectivity index (χ1v) is 8.29. The van der Waals surface area contributed by atoms with Gasteiger partial charge in [0.05, 0.1) is 18.0 Å². The van der Waals surface area contributed by atoms with Crippen molar-refractivity contribution in [3.63, 3.8) is 0 Å². The minimum absolute atomic E-state index is 0.131. The quantitative estimate of drug-likeness (QED) is 0.718. The van der Waals surface area contributed by atoms with E-state index >= 15 is 0 Å². The molecule has 3 aromatic rings. The fourth-order valence-electron chi connectivity index (χ4n) is 2.67. The van der Waals surface area contributed by atoms with Gasteiger partial charge in [0.25, 0.3) is 5.91 Å². The third kappa shape index (κ3) is 2.61. The lowest BCUT2D eigenvalue weighted by molar-refractivity contribution is -0.0276. The summed E-state index contributed by atoms with van der Waals surface area (Å²) in [6.07, 6.45) is 0.852. The molecule has 1 aliphatic heterocycles. The van der Waals surface area contributed by atoms with Crippen molar-refractivity contribution in [1.82, 2.24) is 20.2 Å². The largest absolute Gasteiger partial charge is 0.366 e. The second kappa shape index (κ2) is 6.17. The van der Waals surface area contributed by atoms with Crippen LogP contribution in [-0.2, 0) is 4.74 Å². The summed E-state index contributed by atoms with van der Waals surface area (Å²) in [5.74, 6) is 0.813. The van der Waals surface area contributed by atoms with Crippen LogP contribution in [0.4, 0.5) is 0 Å². The lowest BCUT2D eigenvalue weighted by Crippen LogP contribution is -2.42. The maximum absolute atomic E-state index is 13.0. The van der Waals surface area contributed by atoms with E-state index in [0.717, 1.165) is 4.88 Å². The van der Waals surface area contributed by atoms with E-state index in [2.05, 4.69) is 15.3 Å². The van der Waals surface area contributed by atoms with Crippen LogP contribution in [0.1, 0.15) is 28.0 Å². The predicted octanol–water partition coefficient (Wildman–Crippen LogP) is 2.31. The van der Waals surface area contributed by atoms with Crippen molar-refractivity contribution in [2.75, 3.05) is 19.7 Å². The molecule has 3 aromatic heterocycles. The zero-order valence-electron chi connectivity index (χ0n) is 12.8. The first-order chi connectivity index (χ1) is 11.7. The van der Waals surface area contributed by atoms with E-state index in [1.165, 1.54) is 17.7 Å². The van der Waals surface area contributed by atoms with Crippen molar-refractivity contribution in [2.24, 2.45) is 0 Å². The molecular weight excluding hydrogens is 332 g/mol. The monoisotopic (exact) mass is 346 g/mol. The third-order valence-corrected chi connectivity index (χ3v) is 4.73. The first-order valence-electron chi connectivity index (χ1n) is 7.41. The normalized spacial score (nSPS) is 18.0. The van der Waals surface area contributed by atoms with E-state index in [0.29, 0.717) is 42.5 Å². The number of carbonyl (C=O) groups excluding carboxylic acids is 1. The lowest BCUT2D eigenvalue weighted by atomic mass is 10.1. The van der Waals surface area contributed by atoms with Gasteiger partial charge in [-0.15, -0.1) is 11.3 Å². The molecule has 9 heteroatoms. The summed E-state index contributed by atoms with van der Waals surface area (Å²) in [6, 6.07) is 3.83. The molecule has 0 radical (unpaired) electrons. The fraction of sp³-hybridized carbons (Fsp3) is 0.333. The Kier molecular flexibility index (Phi) is 3.87. The van der Waals surface area contributed by atoms with Gasteiger partial charge in [0, 0.05) is 6.54 Å². The van der Waals surface area contributed by atoms with Crippen LogP contribution in [0.2, 0.25) is 0 Å². The van der Waals surface area contributed by atoms with E-state index in [4.69, 9.17) is 13.8 Å². The fourth-order valence-corrected chi connectivity index (χ4v) is 3.39. The SMILES string of the molecule is Cc1onc(-c2cccs2)c1C(=O)N1CCOC(c2ncon2)C1. The topological polar surface area (TPSA) is 94.5 Å². The number of ether oxygens (including phenoxy) is 1. The molecule has 124 valence electrons. The third-order valence-electron chi connectivity index (χ3n) is 3.85. The number of hydrogen-bond donors (Lipinski definition) is 0. The molecular formula is C15H14N4O4S. The van der Waals surface area contributed by atoms with Gasteiger partial charge in [-0.1, -0.05) is 16.4 Å². The highest BCUT2D eigenvalue weighted by molar-refractivity contribution is 7.13. The summed E-state index contributed by atoms with van der Waals surface area (Å²) >= 11 is 1.52. The van der Waals surface area contributed by atoms with Crippen LogP contribution in [0, 0.1) is 6.92 Å². The van der Waals surface area contributed by atoms with E-state index in [-0.39, 0.29) is 5.91 Å². The van der Waals surface area contributed by atoms with Gasteiger partial charge < -0.3 is 18.7 Å². The minimum Gasteiger partial charge on any atom is -0.366 e. The zero-order chi connectivity index (χ0) is 16.5. The summed E-state index contributed by atoms with van der Waals surface area (Å²) < 4.78 is 15.7. The molecule has 0 aromatic carbocycles. The Morgan fingerprint density at radius 1 is 1.42 bits per heavy atom. The Bertz CT molecular complexity index is 828. The van der Waals surface area contributed by atoms with Crippen LogP contribution in [0.3, 0.4) is 0 Å². The van der Waals surface area contributed by atoms with Crippen molar-refractivity contribution in [2.45, 2.75) is 13.0 Å². The number of aromatic nitrogens is 3. The standard InChI is InChI=1S/C15H14N4O4S/c1-9-12(13(17-23-9)11-3-2-6-24-11)15(20)19-4-5-21-10(7-19)14-16-8-22-18-14/h2-3,6,8,10H,4-5,7H2,1H3. The van der Waals surface area contributed by atoms with Gasteiger partial charge in [0.15, 0.2) is 0 Å². The molecule has 0 N–H and O–H groups in total. The van der Waals surface area contributed by atoms with Crippen LogP contribution in [0.5, 0.6) is 0 Å². The number of carbonyl (C=O) groups is 1. The van der Waals surface area contributed by atoms with Crippen molar-refractivity contribution in [3.05, 3.63) is 41.1 Å². The van der Waals surface area contributed by atoms with E-state index in [9.17, 15) is 4.79 Å². The number of nitrogens with zero attached hydrogens (tertiary/aromatic N) is 4. The van der Waals surface area contributed by atoms with Gasteiger partial charge >= 0.3 is 0 Å². The van der Waals surface area contributed by atoms with Gasteiger partial charge in [-0.05, 0) is 18.4 Å².